The lowest BCUT2D eigenvalue weighted by molar-refractivity contribution is -0.144. The number of carbonyl (C=O) groups is 2. The molecule has 126 valence electrons. The van der Waals surface area contributed by atoms with Gasteiger partial charge in [-0.05, 0) is 25.3 Å². The monoisotopic (exact) mass is 327 g/mol. The van der Waals surface area contributed by atoms with Crippen LogP contribution < -0.4 is 5.32 Å². The molecule has 0 bridgehead atoms. The Hall–Kier alpha value is -2.63. The van der Waals surface area contributed by atoms with Crippen LogP contribution in [0.1, 0.15) is 23.4 Å². The number of nitrogens with zero attached hydrogens (tertiary/aromatic N) is 2. The number of aromatic nitrogens is 1. The maximum atomic E-state index is 12.9. The van der Waals surface area contributed by atoms with Crippen LogP contribution in [0.5, 0.6) is 0 Å². The molecule has 1 fully saturated rings. The van der Waals surface area contributed by atoms with E-state index < -0.39 is 5.41 Å². The lowest BCUT2D eigenvalue weighted by Crippen LogP contribution is -2.47. The van der Waals surface area contributed by atoms with Gasteiger partial charge in [-0.15, -0.1) is 0 Å². The molecule has 24 heavy (non-hydrogen) atoms. The Morgan fingerprint density at radius 1 is 1.38 bits per heavy atom. The molecule has 0 unspecified atom stereocenters. The summed E-state index contributed by atoms with van der Waals surface area (Å²) in [6, 6.07) is 11.4. The Kier molecular flexibility index (Phi) is 4.38. The van der Waals surface area contributed by atoms with E-state index in [1.54, 1.807) is 24.9 Å². The molecule has 1 aliphatic heterocycles. The van der Waals surface area contributed by atoms with E-state index in [-0.39, 0.29) is 18.4 Å². The Morgan fingerprint density at radius 3 is 2.71 bits per heavy atom. The highest BCUT2D eigenvalue weighted by molar-refractivity contribution is 6.06. The molecule has 1 atom stereocenters. The van der Waals surface area contributed by atoms with Gasteiger partial charge in [-0.3, -0.25) is 9.59 Å². The Bertz CT molecular complexity index is 741. The molecule has 2 heterocycles. The molecule has 1 N–H and O–H groups in total. The van der Waals surface area contributed by atoms with Crippen LogP contribution in [0, 0.1) is 12.3 Å². The summed E-state index contributed by atoms with van der Waals surface area (Å²) in [4.78, 5) is 27.2. The molecule has 6 nitrogen and oxygen atoms in total. The molecule has 1 saturated heterocycles. The maximum Gasteiger partial charge on any atom is 0.238 e. The second kappa shape index (κ2) is 6.47. The van der Waals surface area contributed by atoms with Crippen molar-refractivity contribution in [1.29, 1.82) is 0 Å². The quantitative estimate of drug-likeness (QED) is 0.848. The largest absolute Gasteiger partial charge is 0.361 e. The van der Waals surface area contributed by atoms with Crippen LogP contribution in [0.15, 0.2) is 40.9 Å². The van der Waals surface area contributed by atoms with Gasteiger partial charge in [0.15, 0.2) is 0 Å². The molecular weight excluding hydrogens is 306 g/mol. The average Bonchev–Trinajstić information content (AvgIpc) is 3.13. The van der Waals surface area contributed by atoms with Crippen molar-refractivity contribution in [2.24, 2.45) is 5.41 Å². The van der Waals surface area contributed by atoms with Crippen molar-refractivity contribution in [1.82, 2.24) is 15.4 Å². The predicted molar refractivity (Wildman–Crippen MR) is 87.9 cm³/mol. The van der Waals surface area contributed by atoms with E-state index in [0.29, 0.717) is 30.8 Å². The molecule has 2 aromatic rings. The third-order valence-electron chi connectivity index (χ3n) is 4.52. The number of nitrogens with one attached hydrogen (secondary N) is 1. The Morgan fingerprint density at radius 2 is 2.12 bits per heavy atom. The first-order valence-corrected chi connectivity index (χ1v) is 8.01. The molecule has 2 amide bonds. The number of benzene rings is 1. The zero-order valence-electron chi connectivity index (χ0n) is 13.9. The van der Waals surface area contributed by atoms with Gasteiger partial charge in [0.05, 0.1) is 6.54 Å². The van der Waals surface area contributed by atoms with E-state index in [1.165, 1.54) is 0 Å². The zero-order valence-corrected chi connectivity index (χ0v) is 13.9. The van der Waals surface area contributed by atoms with E-state index in [0.717, 1.165) is 5.56 Å². The number of hydrogen-bond donors (Lipinski definition) is 1. The summed E-state index contributed by atoms with van der Waals surface area (Å²) in [5, 5.41) is 6.73. The number of hydrogen-bond acceptors (Lipinski definition) is 4. The highest BCUT2D eigenvalue weighted by Gasteiger charge is 2.51. The fourth-order valence-corrected chi connectivity index (χ4v) is 3.17. The number of likely N-dealkylation sites (tertiary alicyclic amines) is 1. The molecule has 6 heteroatoms. The summed E-state index contributed by atoms with van der Waals surface area (Å²) < 4.78 is 5.00. The number of rotatable bonds is 5. The van der Waals surface area contributed by atoms with Crippen LogP contribution in [-0.2, 0) is 22.6 Å². The summed E-state index contributed by atoms with van der Waals surface area (Å²) in [5.41, 5.74) is 0.581. The number of carbonyl (C=O) groups excluding carboxylic acids is 2. The first-order chi connectivity index (χ1) is 11.5. The Labute approximate surface area is 140 Å². The van der Waals surface area contributed by atoms with E-state index >= 15 is 0 Å². The van der Waals surface area contributed by atoms with Crippen molar-refractivity contribution >= 4 is 11.8 Å². The van der Waals surface area contributed by atoms with Crippen LogP contribution in [0.2, 0.25) is 0 Å². The van der Waals surface area contributed by atoms with Gasteiger partial charge in [-0.1, -0.05) is 35.5 Å². The lowest BCUT2D eigenvalue weighted by Gasteiger charge is -2.26. The van der Waals surface area contributed by atoms with Gasteiger partial charge >= 0.3 is 0 Å². The highest BCUT2D eigenvalue weighted by Crippen LogP contribution is 2.35. The highest BCUT2D eigenvalue weighted by atomic mass is 16.5. The third kappa shape index (κ3) is 3.04. The molecule has 0 radical (unpaired) electrons. The first-order valence-electron chi connectivity index (χ1n) is 8.01. The zero-order chi connectivity index (χ0) is 17.2. The third-order valence-corrected chi connectivity index (χ3v) is 4.52. The first kappa shape index (κ1) is 16.2. The van der Waals surface area contributed by atoms with Gasteiger partial charge in [0.2, 0.25) is 11.8 Å². The molecule has 0 aliphatic carbocycles. The fraction of sp³-hybridized carbons (Fsp3) is 0.389. The van der Waals surface area contributed by atoms with Gasteiger partial charge in [0, 0.05) is 19.7 Å². The molecule has 3 rings (SSSR count). The number of aryl methyl sites for hydroxylation is 1. The summed E-state index contributed by atoms with van der Waals surface area (Å²) in [6.07, 6.45) is 0.918. The lowest BCUT2D eigenvalue weighted by atomic mass is 9.79. The van der Waals surface area contributed by atoms with Gasteiger partial charge < -0.3 is 14.7 Å². The molecule has 0 saturated carbocycles. The van der Waals surface area contributed by atoms with Crippen molar-refractivity contribution in [3.05, 3.63) is 53.4 Å². The predicted octanol–water partition coefficient (Wildman–Crippen LogP) is 1.69. The summed E-state index contributed by atoms with van der Waals surface area (Å²) in [7, 11) is 1.74. The van der Waals surface area contributed by atoms with E-state index in [9.17, 15) is 9.59 Å². The smallest absolute Gasteiger partial charge is 0.238 e. The SMILES string of the molecule is Cc1cc(CNC(=O)[C@@]2(Cc3ccccc3)CCN(C)C2=O)no1. The van der Waals surface area contributed by atoms with Crippen molar-refractivity contribution in [3.63, 3.8) is 0 Å². The van der Waals surface area contributed by atoms with E-state index in [4.69, 9.17) is 4.52 Å². The minimum Gasteiger partial charge on any atom is -0.361 e. The number of amides is 2. The standard InChI is InChI=1S/C18H21N3O3/c1-13-10-15(20-24-13)12-19-16(22)18(8-9-21(2)17(18)23)11-14-6-4-3-5-7-14/h3-7,10H,8-9,11-12H2,1-2H3,(H,19,22)/t18-/m0/s1. The average molecular weight is 327 g/mol. The minimum atomic E-state index is -1.05. The summed E-state index contributed by atoms with van der Waals surface area (Å²) in [5.74, 6) is 0.316. The summed E-state index contributed by atoms with van der Waals surface area (Å²) in [6.45, 7) is 2.64. The second-order valence-electron chi connectivity index (χ2n) is 6.33. The van der Waals surface area contributed by atoms with Gasteiger partial charge in [-0.2, -0.15) is 0 Å². The van der Waals surface area contributed by atoms with Crippen LogP contribution in [-0.4, -0.2) is 35.5 Å². The van der Waals surface area contributed by atoms with Crippen molar-refractivity contribution in [3.8, 4) is 0 Å². The van der Waals surface area contributed by atoms with Crippen LogP contribution in [0.3, 0.4) is 0 Å². The molecular formula is C18H21N3O3. The van der Waals surface area contributed by atoms with Crippen LogP contribution >= 0.6 is 0 Å². The van der Waals surface area contributed by atoms with Gasteiger partial charge in [0.1, 0.15) is 16.9 Å². The van der Waals surface area contributed by atoms with Gasteiger partial charge in [0.25, 0.3) is 0 Å². The second-order valence-corrected chi connectivity index (χ2v) is 6.33. The summed E-state index contributed by atoms with van der Waals surface area (Å²) >= 11 is 0. The van der Waals surface area contributed by atoms with E-state index in [1.807, 2.05) is 30.3 Å². The molecule has 1 aromatic heterocycles. The fourth-order valence-electron chi connectivity index (χ4n) is 3.17. The Balaban J connectivity index is 1.79. The normalized spacial score (nSPS) is 20.4. The topological polar surface area (TPSA) is 75.4 Å². The van der Waals surface area contributed by atoms with E-state index in [2.05, 4.69) is 10.5 Å². The van der Waals surface area contributed by atoms with Gasteiger partial charge in [-0.25, -0.2) is 0 Å². The van der Waals surface area contributed by atoms with Crippen LogP contribution in [0.25, 0.3) is 0 Å². The molecule has 1 aromatic carbocycles. The van der Waals surface area contributed by atoms with Crippen molar-refractivity contribution in [2.45, 2.75) is 26.3 Å². The maximum absolute atomic E-state index is 12.9. The molecule has 0 spiro atoms. The minimum absolute atomic E-state index is 0.125. The van der Waals surface area contributed by atoms with Crippen LogP contribution in [0.4, 0.5) is 0 Å². The van der Waals surface area contributed by atoms with Crippen molar-refractivity contribution < 1.29 is 14.1 Å². The van der Waals surface area contributed by atoms with Crippen molar-refractivity contribution in [2.75, 3.05) is 13.6 Å². The molecule has 1 aliphatic rings.